The van der Waals surface area contributed by atoms with Crippen LogP contribution in [0.3, 0.4) is 0 Å². The van der Waals surface area contributed by atoms with E-state index in [4.69, 9.17) is 24.7 Å². The van der Waals surface area contributed by atoms with E-state index in [1.807, 2.05) is 0 Å². The number of ether oxygens (including phenoxy) is 4. The van der Waals surface area contributed by atoms with E-state index < -0.39 is 41.3 Å². The molecule has 0 bridgehead atoms. The van der Waals surface area contributed by atoms with Crippen LogP contribution in [0.15, 0.2) is 48.5 Å². The van der Waals surface area contributed by atoms with E-state index in [9.17, 15) is 19.2 Å². The summed E-state index contributed by atoms with van der Waals surface area (Å²) in [6.45, 7) is 6.58. The maximum atomic E-state index is 12.6. The van der Waals surface area contributed by atoms with Crippen LogP contribution < -0.4 is 15.2 Å². The van der Waals surface area contributed by atoms with Gasteiger partial charge in [0, 0.05) is 12.8 Å². The predicted molar refractivity (Wildman–Crippen MR) is 139 cm³/mol. The van der Waals surface area contributed by atoms with Crippen molar-refractivity contribution < 1.29 is 38.1 Å². The van der Waals surface area contributed by atoms with Gasteiger partial charge >= 0.3 is 23.9 Å². The van der Waals surface area contributed by atoms with Crippen molar-refractivity contribution in [1.29, 1.82) is 0 Å². The molecule has 202 valence electrons. The summed E-state index contributed by atoms with van der Waals surface area (Å²) in [7, 11) is 1.21. The topological polar surface area (TPSA) is 131 Å². The first kappa shape index (κ1) is 31.6. The van der Waals surface area contributed by atoms with Crippen molar-refractivity contribution in [2.24, 2.45) is 17.6 Å². The third-order valence-corrected chi connectivity index (χ3v) is 5.27. The Balaban J connectivity index is 0.00000684. The molecule has 9 nitrogen and oxygen atoms in total. The largest absolute Gasteiger partial charge is 0.468 e. The summed E-state index contributed by atoms with van der Waals surface area (Å²) in [4.78, 5) is 49.2. The SMILES string of the molecule is COC(=O)[C@@](N)(CCOC(=O)c1ccccc1)Cc1ccc(OC(=O)C(C)C)c(OC(=O)C(C)C)c1.Cl. The Morgan fingerprint density at radius 2 is 1.43 bits per heavy atom. The fourth-order valence-electron chi connectivity index (χ4n) is 3.09. The van der Waals surface area contributed by atoms with Gasteiger partial charge in [0.25, 0.3) is 0 Å². The molecule has 0 aromatic heterocycles. The number of benzene rings is 2. The van der Waals surface area contributed by atoms with Gasteiger partial charge in [-0.2, -0.15) is 0 Å². The lowest BCUT2D eigenvalue weighted by molar-refractivity contribution is -0.147. The summed E-state index contributed by atoms with van der Waals surface area (Å²) in [5, 5.41) is 0. The number of hydrogen-bond acceptors (Lipinski definition) is 9. The van der Waals surface area contributed by atoms with Crippen LogP contribution in [0, 0.1) is 11.8 Å². The van der Waals surface area contributed by atoms with Gasteiger partial charge in [0.1, 0.15) is 5.54 Å². The fraction of sp³-hybridized carbons (Fsp3) is 0.407. The highest BCUT2D eigenvalue weighted by molar-refractivity contribution is 5.89. The Kier molecular flexibility index (Phi) is 12.3. The van der Waals surface area contributed by atoms with Crippen LogP contribution in [-0.2, 0) is 30.3 Å². The molecule has 0 saturated heterocycles. The number of esters is 4. The third-order valence-electron chi connectivity index (χ3n) is 5.27. The summed E-state index contributed by atoms with van der Waals surface area (Å²) in [6.07, 6.45) is -0.0450. The predicted octanol–water partition coefficient (Wildman–Crippen LogP) is 3.89. The second kappa shape index (κ2) is 14.3. The van der Waals surface area contributed by atoms with Gasteiger partial charge in [0.15, 0.2) is 11.5 Å². The summed E-state index contributed by atoms with van der Waals surface area (Å²) in [6, 6.07) is 13.0. The standard InChI is InChI=1S/C27H33NO8.ClH/c1-17(2)23(29)35-21-12-11-19(15-22(21)36-24(30)18(3)4)16-27(28,26(32)33-5)13-14-34-25(31)20-9-7-6-8-10-20;/h6-12,15,17-18H,13-14,16,28H2,1-5H3;1H/t27-;/m1./s1. The van der Waals surface area contributed by atoms with E-state index in [1.54, 1.807) is 64.1 Å². The van der Waals surface area contributed by atoms with Crippen molar-refractivity contribution >= 4 is 36.3 Å². The highest BCUT2D eigenvalue weighted by atomic mass is 35.5. The first-order valence-electron chi connectivity index (χ1n) is 11.6. The van der Waals surface area contributed by atoms with E-state index in [0.29, 0.717) is 11.1 Å². The molecule has 0 saturated carbocycles. The molecule has 0 spiro atoms. The van der Waals surface area contributed by atoms with Crippen molar-refractivity contribution in [3.05, 3.63) is 59.7 Å². The summed E-state index contributed by atoms with van der Waals surface area (Å²) >= 11 is 0. The lowest BCUT2D eigenvalue weighted by Crippen LogP contribution is -2.51. The fourth-order valence-corrected chi connectivity index (χ4v) is 3.09. The summed E-state index contributed by atoms with van der Waals surface area (Å²) in [5.74, 6) is -2.97. The molecule has 2 aromatic carbocycles. The van der Waals surface area contributed by atoms with Crippen molar-refractivity contribution in [3.8, 4) is 11.5 Å². The molecule has 0 fully saturated rings. The van der Waals surface area contributed by atoms with Crippen LogP contribution in [0.1, 0.15) is 50.0 Å². The van der Waals surface area contributed by atoms with Crippen LogP contribution >= 0.6 is 12.4 Å². The average Bonchev–Trinajstić information content (AvgIpc) is 2.85. The highest BCUT2D eigenvalue weighted by Gasteiger charge is 2.36. The third kappa shape index (κ3) is 9.18. The number of carbonyl (C=O) groups excluding carboxylic acids is 4. The van der Waals surface area contributed by atoms with Gasteiger partial charge in [-0.3, -0.25) is 14.4 Å². The lowest BCUT2D eigenvalue weighted by atomic mass is 9.88. The number of methoxy groups -OCH3 is 1. The zero-order valence-electron chi connectivity index (χ0n) is 21.6. The second-order valence-corrected chi connectivity index (χ2v) is 9.01. The van der Waals surface area contributed by atoms with Gasteiger partial charge in [-0.15, -0.1) is 12.4 Å². The van der Waals surface area contributed by atoms with Crippen LogP contribution in [0.25, 0.3) is 0 Å². The summed E-state index contributed by atoms with van der Waals surface area (Å²) in [5.41, 5.74) is 5.77. The minimum Gasteiger partial charge on any atom is -0.468 e. The first-order valence-corrected chi connectivity index (χ1v) is 11.6. The van der Waals surface area contributed by atoms with Crippen LogP contribution in [-0.4, -0.2) is 43.1 Å². The van der Waals surface area contributed by atoms with Crippen LogP contribution in [0.4, 0.5) is 0 Å². The molecule has 0 aliphatic carbocycles. The molecule has 0 radical (unpaired) electrons. The molecule has 0 unspecified atom stereocenters. The molecule has 0 heterocycles. The van der Waals surface area contributed by atoms with Gasteiger partial charge in [-0.1, -0.05) is 52.0 Å². The Bertz CT molecular complexity index is 1090. The zero-order chi connectivity index (χ0) is 26.9. The molecule has 37 heavy (non-hydrogen) atoms. The molecule has 2 rings (SSSR count). The first-order chi connectivity index (χ1) is 17.0. The van der Waals surface area contributed by atoms with Gasteiger partial charge in [0.05, 0.1) is 31.1 Å². The molecule has 1 atom stereocenters. The second-order valence-electron chi connectivity index (χ2n) is 9.01. The van der Waals surface area contributed by atoms with Gasteiger partial charge < -0.3 is 24.7 Å². The smallest absolute Gasteiger partial charge is 0.338 e. The molecule has 0 amide bonds. The minimum absolute atomic E-state index is 0. The molecular formula is C27H34ClNO8. The van der Waals surface area contributed by atoms with Crippen molar-refractivity contribution in [3.63, 3.8) is 0 Å². The highest BCUT2D eigenvalue weighted by Crippen LogP contribution is 2.31. The normalized spacial score (nSPS) is 12.2. The van der Waals surface area contributed by atoms with E-state index in [0.717, 1.165) is 0 Å². The Labute approximate surface area is 223 Å². The maximum Gasteiger partial charge on any atom is 0.338 e. The molecule has 2 N–H and O–H groups in total. The Hall–Kier alpha value is -3.43. The zero-order valence-corrected chi connectivity index (χ0v) is 22.5. The molecule has 2 aromatic rings. The average molecular weight is 536 g/mol. The van der Waals surface area contributed by atoms with Gasteiger partial charge in [0.2, 0.25) is 0 Å². The van der Waals surface area contributed by atoms with Crippen molar-refractivity contribution in [1.82, 2.24) is 0 Å². The van der Waals surface area contributed by atoms with E-state index in [2.05, 4.69) is 0 Å². The number of hydrogen-bond donors (Lipinski definition) is 1. The maximum absolute atomic E-state index is 12.6. The van der Waals surface area contributed by atoms with E-state index in [-0.39, 0.29) is 43.4 Å². The van der Waals surface area contributed by atoms with Gasteiger partial charge in [-0.05, 0) is 29.8 Å². The number of rotatable bonds is 11. The van der Waals surface area contributed by atoms with Crippen molar-refractivity contribution in [2.75, 3.05) is 13.7 Å². The Morgan fingerprint density at radius 1 is 0.865 bits per heavy atom. The van der Waals surface area contributed by atoms with Crippen LogP contribution in [0.2, 0.25) is 0 Å². The Morgan fingerprint density at radius 3 is 1.97 bits per heavy atom. The molecular weight excluding hydrogens is 502 g/mol. The summed E-state index contributed by atoms with van der Waals surface area (Å²) < 4.78 is 21.0. The number of carbonyl (C=O) groups is 4. The van der Waals surface area contributed by atoms with Gasteiger partial charge in [-0.25, -0.2) is 4.79 Å². The van der Waals surface area contributed by atoms with Crippen molar-refractivity contribution in [2.45, 2.75) is 46.1 Å². The quantitative estimate of drug-likeness (QED) is 0.336. The lowest BCUT2D eigenvalue weighted by Gasteiger charge is -2.27. The van der Waals surface area contributed by atoms with E-state index >= 15 is 0 Å². The molecule has 0 aliphatic heterocycles. The number of nitrogens with two attached hydrogens (primary N) is 1. The minimum atomic E-state index is -1.54. The monoisotopic (exact) mass is 535 g/mol. The number of halogens is 1. The van der Waals surface area contributed by atoms with E-state index in [1.165, 1.54) is 19.2 Å². The van der Waals surface area contributed by atoms with Crippen LogP contribution in [0.5, 0.6) is 11.5 Å². The molecule has 10 heteroatoms. The molecule has 0 aliphatic rings.